The lowest BCUT2D eigenvalue weighted by molar-refractivity contribution is 0.357. The smallest absolute Gasteiger partial charge is 0.124 e. The van der Waals surface area contributed by atoms with E-state index in [1.54, 1.807) is 0 Å². The Hall–Kier alpha value is -1.18. The third kappa shape index (κ3) is 1.77. The van der Waals surface area contributed by atoms with Gasteiger partial charge in [0.1, 0.15) is 5.75 Å². The molecule has 0 saturated heterocycles. The van der Waals surface area contributed by atoms with Gasteiger partial charge in [0.15, 0.2) is 0 Å². The molecule has 0 aromatic heterocycles. The van der Waals surface area contributed by atoms with E-state index in [1.807, 2.05) is 0 Å². The molecule has 1 N–H and O–H groups in total. The molecule has 1 heterocycles. The van der Waals surface area contributed by atoms with Crippen LogP contribution in [0, 0.1) is 0 Å². The topological polar surface area (TPSA) is 21.3 Å². The maximum atomic E-state index is 5.48. The standard InChI is InChI=1S/C11H15NO/c1-8(2)12-10-4-3-9-5-6-13-11(9)7-10/h3-4,7-8,12H,5-6H2,1-2H3. The van der Waals surface area contributed by atoms with E-state index in [-0.39, 0.29) is 0 Å². The van der Waals surface area contributed by atoms with Crippen LogP contribution in [-0.2, 0) is 6.42 Å². The molecular formula is C11H15NO. The summed E-state index contributed by atoms with van der Waals surface area (Å²) in [7, 11) is 0. The quantitative estimate of drug-likeness (QED) is 0.749. The van der Waals surface area contributed by atoms with E-state index in [4.69, 9.17) is 4.74 Å². The van der Waals surface area contributed by atoms with Crippen molar-refractivity contribution in [2.45, 2.75) is 26.3 Å². The third-order valence-corrected chi connectivity index (χ3v) is 2.15. The first-order valence-electron chi connectivity index (χ1n) is 4.78. The zero-order valence-electron chi connectivity index (χ0n) is 8.13. The number of nitrogens with one attached hydrogen (secondary N) is 1. The van der Waals surface area contributed by atoms with Gasteiger partial charge in [0.05, 0.1) is 6.61 Å². The van der Waals surface area contributed by atoms with Gasteiger partial charge < -0.3 is 10.1 Å². The highest BCUT2D eigenvalue weighted by atomic mass is 16.5. The molecule has 0 spiro atoms. The van der Waals surface area contributed by atoms with Crippen LogP contribution in [0.4, 0.5) is 5.69 Å². The predicted octanol–water partition coefficient (Wildman–Crippen LogP) is 2.44. The van der Waals surface area contributed by atoms with Crippen LogP contribution in [0.3, 0.4) is 0 Å². The van der Waals surface area contributed by atoms with Gasteiger partial charge in [-0.05, 0) is 25.5 Å². The Bertz CT molecular complexity index is 307. The Labute approximate surface area is 78.9 Å². The first kappa shape index (κ1) is 8.42. The van der Waals surface area contributed by atoms with Gasteiger partial charge in [0.2, 0.25) is 0 Å². The minimum absolute atomic E-state index is 0.472. The molecule has 2 nitrogen and oxygen atoms in total. The van der Waals surface area contributed by atoms with Crippen LogP contribution >= 0.6 is 0 Å². The lowest BCUT2D eigenvalue weighted by Crippen LogP contribution is -2.09. The summed E-state index contributed by atoms with van der Waals surface area (Å²) in [6, 6.07) is 6.82. The Morgan fingerprint density at radius 3 is 3.00 bits per heavy atom. The largest absolute Gasteiger partial charge is 0.493 e. The molecule has 1 aromatic rings. The van der Waals surface area contributed by atoms with E-state index in [1.165, 1.54) is 5.56 Å². The van der Waals surface area contributed by atoms with Crippen LogP contribution in [0.15, 0.2) is 18.2 Å². The Balaban J connectivity index is 2.21. The van der Waals surface area contributed by atoms with E-state index in [0.29, 0.717) is 6.04 Å². The number of hydrogen-bond acceptors (Lipinski definition) is 2. The summed E-state index contributed by atoms with van der Waals surface area (Å²) >= 11 is 0. The SMILES string of the molecule is CC(C)Nc1ccc2c(c1)OCC2. The summed E-state index contributed by atoms with van der Waals surface area (Å²) in [6.07, 6.45) is 1.05. The predicted molar refractivity (Wildman–Crippen MR) is 54.4 cm³/mol. The maximum Gasteiger partial charge on any atom is 0.124 e. The fourth-order valence-electron chi connectivity index (χ4n) is 1.59. The molecule has 0 unspecified atom stereocenters. The van der Waals surface area contributed by atoms with Gasteiger partial charge in [-0.2, -0.15) is 0 Å². The van der Waals surface area contributed by atoms with Crippen LogP contribution in [0.25, 0.3) is 0 Å². The number of fused-ring (bicyclic) bond motifs is 1. The molecule has 1 aromatic carbocycles. The molecule has 2 heteroatoms. The summed E-state index contributed by atoms with van der Waals surface area (Å²) in [4.78, 5) is 0. The van der Waals surface area contributed by atoms with Crippen molar-refractivity contribution in [3.8, 4) is 5.75 Å². The molecule has 1 aliphatic rings. The van der Waals surface area contributed by atoms with Crippen LogP contribution in [0.1, 0.15) is 19.4 Å². The van der Waals surface area contributed by atoms with E-state index in [0.717, 1.165) is 24.5 Å². The molecule has 0 fully saturated rings. The normalized spacial score (nSPS) is 14.1. The Morgan fingerprint density at radius 1 is 1.38 bits per heavy atom. The van der Waals surface area contributed by atoms with E-state index >= 15 is 0 Å². The van der Waals surface area contributed by atoms with Crippen LogP contribution < -0.4 is 10.1 Å². The minimum atomic E-state index is 0.472. The fraction of sp³-hybridized carbons (Fsp3) is 0.455. The molecule has 0 radical (unpaired) electrons. The zero-order chi connectivity index (χ0) is 9.26. The minimum Gasteiger partial charge on any atom is -0.493 e. The maximum absolute atomic E-state index is 5.48. The highest BCUT2D eigenvalue weighted by Gasteiger charge is 2.11. The van der Waals surface area contributed by atoms with Crippen LogP contribution in [0.5, 0.6) is 5.75 Å². The van der Waals surface area contributed by atoms with E-state index in [2.05, 4.69) is 37.4 Å². The second-order valence-electron chi connectivity index (χ2n) is 3.72. The summed E-state index contributed by atoms with van der Waals surface area (Å²) in [5.74, 6) is 1.05. The molecule has 0 saturated carbocycles. The van der Waals surface area contributed by atoms with Gasteiger partial charge in [-0.3, -0.25) is 0 Å². The van der Waals surface area contributed by atoms with Crippen LogP contribution in [0.2, 0.25) is 0 Å². The number of rotatable bonds is 2. The van der Waals surface area contributed by atoms with Crippen molar-refractivity contribution in [1.82, 2.24) is 0 Å². The molecule has 0 aliphatic carbocycles. The van der Waals surface area contributed by atoms with E-state index in [9.17, 15) is 0 Å². The number of ether oxygens (including phenoxy) is 1. The summed E-state index contributed by atoms with van der Waals surface area (Å²) in [5.41, 5.74) is 2.48. The van der Waals surface area contributed by atoms with Gasteiger partial charge in [0.25, 0.3) is 0 Å². The molecule has 13 heavy (non-hydrogen) atoms. The fourth-order valence-corrected chi connectivity index (χ4v) is 1.59. The second-order valence-corrected chi connectivity index (χ2v) is 3.72. The van der Waals surface area contributed by atoms with Crippen molar-refractivity contribution < 1.29 is 4.74 Å². The molecule has 0 atom stereocenters. The molecule has 70 valence electrons. The van der Waals surface area contributed by atoms with Crippen molar-refractivity contribution in [3.63, 3.8) is 0 Å². The molecule has 0 bridgehead atoms. The monoisotopic (exact) mass is 177 g/mol. The number of hydrogen-bond donors (Lipinski definition) is 1. The molecule has 2 rings (SSSR count). The highest BCUT2D eigenvalue weighted by molar-refractivity contribution is 5.53. The highest BCUT2D eigenvalue weighted by Crippen LogP contribution is 2.28. The zero-order valence-corrected chi connectivity index (χ0v) is 8.13. The van der Waals surface area contributed by atoms with Gasteiger partial charge in [-0.1, -0.05) is 6.07 Å². The van der Waals surface area contributed by atoms with Gasteiger partial charge in [-0.15, -0.1) is 0 Å². The Kier molecular flexibility index (Phi) is 2.13. The molecular weight excluding hydrogens is 162 g/mol. The number of benzene rings is 1. The summed E-state index contributed by atoms with van der Waals surface area (Å²) in [5, 5.41) is 3.35. The van der Waals surface area contributed by atoms with Gasteiger partial charge >= 0.3 is 0 Å². The lowest BCUT2D eigenvalue weighted by atomic mass is 10.1. The van der Waals surface area contributed by atoms with Crippen molar-refractivity contribution in [1.29, 1.82) is 0 Å². The first-order chi connectivity index (χ1) is 6.25. The van der Waals surface area contributed by atoms with Gasteiger partial charge in [0, 0.05) is 24.2 Å². The third-order valence-electron chi connectivity index (χ3n) is 2.15. The van der Waals surface area contributed by atoms with Crippen molar-refractivity contribution in [3.05, 3.63) is 23.8 Å². The summed E-state index contributed by atoms with van der Waals surface area (Å²) < 4.78 is 5.48. The van der Waals surface area contributed by atoms with Crippen molar-refractivity contribution in [2.24, 2.45) is 0 Å². The van der Waals surface area contributed by atoms with Crippen LogP contribution in [-0.4, -0.2) is 12.6 Å². The summed E-state index contributed by atoms with van der Waals surface area (Å²) in [6.45, 7) is 5.10. The average Bonchev–Trinajstić information content (AvgIpc) is 2.49. The lowest BCUT2D eigenvalue weighted by Gasteiger charge is -2.10. The first-order valence-corrected chi connectivity index (χ1v) is 4.78. The molecule has 1 aliphatic heterocycles. The number of anilines is 1. The van der Waals surface area contributed by atoms with Gasteiger partial charge in [-0.25, -0.2) is 0 Å². The molecule has 0 amide bonds. The van der Waals surface area contributed by atoms with Crippen molar-refractivity contribution >= 4 is 5.69 Å². The average molecular weight is 177 g/mol. The van der Waals surface area contributed by atoms with Crippen molar-refractivity contribution in [2.75, 3.05) is 11.9 Å². The van der Waals surface area contributed by atoms with E-state index < -0.39 is 0 Å². The second kappa shape index (κ2) is 3.29. The Morgan fingerprint density at radius 2 is 2.23 bits per heavy atom.